The number of benzene rings is 1. The molecule has 0 fully saturated rings. The van der Waals surface area contributed by atoms with Gasteiger partial charge in [-0.25, -0.2) is 0 Å². The second-order valence-corrected chi connectivity index (χ2v) is 6.84. The quantitative estimate of drug-likeness (QED) is 0.811. The molecule has 1 rings (SSSR count). The standard InChI is InChI=1S/C16H27ClN2O/c1-12(2)9-18-10-13-14(17)7-6-8-15(13)19(5)11-16(3,4)20/h6-8,12,18,20H,9-11H2,1-5H3. The third kappa shape index (κ3) is 5.70. The monoisotopic (exact) mass is 298 g/mol. The van der Waals surface area contributed by atoms with E-state index in [1.165, 1.54) is 0 Å². The predicted molar refractivity (Wildman–Crippen MR) is 87.6 cm³/mol. The largest absolute Gasteiger partial charge is 0.389 e. The van der Waals surface area contributed by atoms with E-state index >= 15 is 0 Å². The van der Waals surface area contributed by atoms with Crippen molar-refractivity contribution in [2.75, 3.05) is 25.0 Å². The van der Waals surface area contributed by atoms with Crippen molar-refractivity contribution in [2.24, 2.45) is 5.92 Å². The van der Waals surface area contributed by atoms with E-state index < -0.39 is 5.60 Å². The van der Waals surface area contributed by atoms with Crippen molar-refractivity contribution in [1.82, 2.24) is 5.32 Å². The maximum Gasteiger partial charge on any atom is 0.0765 e. The molecule has 4 heteroatoms. The minimum atomic E-state index is -0.736. The Morgan fingerprint density at radius 3 is 2.55 bits per heavy atom. The molecule has 1 aromatic rings. The van der Waals surface area contributed by atoms with Gasteiger partial charge < -0.3 is 15.3 Å². The van der Waals surface area contributed by atoms with Crippen LogP contribution >= 0.6 is 11.6 Å². The summed E-state index contributed by atoms with van der Waals surface area (Å²) in [5.41, 5.74) is 1.41. The Morgan fingerprint density at radius 2 is 2.00 bits per heavy atom. The topological polar surface area (TPSA) is 35.5 Å². The van der Waals surface area contributed by atoms with Gasteiger partial charge in [-0.05, 0) is 38.4 Å². The molecular weight excluding hydrogens is 272 g/mol. The lowest BCUT2D eigenvalue weighted by Crippen LogP contribution is -2.37. The second-order valence-electron chi connectivity index (χ2n) is 6.43. The summed E-state index contributed by atoms with van der Waals surface area (Å²) in [4.78, 5) is 2.05. The summed E-state index contributed by atoms with van der Waals surface area (Å²) in [7, 11) is 1.98. The first-order valence-corrected chi connectivity index (χ1v) is 7.50. The molecule has 2 N–H and O–H groups in total. The molecule has 0 unspecified atom stereocenters. The fourth-order valence-electron chi connectivity index (χ4n) is 2.23. The lowest BCUT2D eigenvalue weighted by atomic mass is 10.1. The van der Waals surface area contributed by atoms with Crippen molar-refractivity contribution >= 4 is 17.3 Å². The summed E-state index contributed by atoms with van der Waals surface area (Å²) in [5.74, 6) is 0.607. The molecule has 0 saturated carbocycles. The minimum Gasteiger partial charge on any atom is -0.389 e. The number of anilines is 1. The van der Waals surface area contributed by atoms with Gasteiger partial charge in [-0.3, -0.25) is 0 Å². The van der Waals surface area contributed by atoms with E-state index in [-0.39, 0.29) is 0 Å². The van der Waals surface area contributed by atoms with Crippen LogP contribution in [0.25, 0.3) is 0 Å². The molecular formula is C16H27ClN2O. The van der Waals surface area contributed by atoms with Crippen LogP contribution in [0.1, 0.15) is 33.3 Å². The van der Waals surface area contributed by atoms with Crippen molar-refractivity contribution in [1.29, 1.82) is 0 Å². The van der Waals surface area contributed by atoms with Crippen molar-refractivity contribution in [3.8, 4) is 0 Å². The molecule has 0 atom stereocenters. The first-order chi connectivity index (χ1) is 9.20. The Kier molecular flexibility index (Phi) is 6.31. The van der Waals surface area contributed by atoms with Gasteiger partial charge in [-0.2, -0.15) is 0 Å². The Morgan fingerprint density at radius 1 is 1.35 bits per heavy atom. The Bertz CT molecular complexity index is 427. The molecule has 0 spiro atoms. The number of likely N-dealkylation sites (N-methyl/N-ethyl adjacent to an activating group) is 1. The molecule has 0 saturated heterocycles. The number of hydrogen-bond acceptors (Lipinski definition) is 3. The fourth-order valence-corrected chi connectivity index (χ4v) is 2.47. The smallest absolute Gasteiger partial charge is 0.0765 e. The highest BCUT2D eigenvalue weighted by atomic mass is 35.5. The summed E-state index contributed by atoms with van der Waals surface area (Å²) in [6.45, 7) is 10.2. The van der Waals surface area contributed by atoms with Gasteiger partial charge in [0.05, 0.1) is 5.60 Å². The molecule has 0 heterocycles. The van der Waals surface area contributed by atoms with Crippen LogP contribution in [0, 0.1) is 5.92 Å². The van der Waals surface area contributed by atoms with Crippen LogP contribution in [0.3, 0.4) is 0 Å². The van der Waals surface area contributed by atoms with Gasteiger partial charge >= 0.3 is 0 Å². The van der Waals surface area contributed by atoms with Gasteiger partial charge in [0, 0.05) is 36.4 Å². The van der Waals surface area contributed by atoms with E-state index in [0.717, 1.165) is 29.4 Å². The van der Waals surface area contributed by atoms with Crippen molar-refractivity contribution in [2.45, 2.75) is 39.8 Å². The zero-order valence-electron chi connectivity index (χ0n) is 13.2. The molecule has 0 aliphatic carbocycles. The van der Waals surface area contributed by atoms with Gasteiger partial charge in [0.1, 0.15) is 0 Å². The maximum atomic E-state index is 9.97. The fraction of sp³-hybridized carbons (Fsp3) is 0.625. The van der Waals surface area contributed by atoms with Crippen LogP contribution < -0.4 is 10.2 Å². The first-order valence-electron chi connectivity index (χ1n) is 7.12. The number of aliphatic hydroxyl groups is 1. The Labute approximate surface area is 127 Å². The van der Waals surface area contributed by atoms with Gasteiger partial charge in [0.25, 0.3) is 0 Å². The molecule has 0 aliphatic heterocycles. The van der Waals surface area contributed by atoms with E-state index in [2.05, 4.69) is 24.1 Å². The van der Waals surface area contributed by atoms with Crippen molar-refractivity contribution in [3.63, 3.8) is 0 Å². The maximum absolute atomic E-state index is 9.97. The molecule has 3 nitrogen and oxygen atoms in total. The van der Waals surface area contributed by atoms with E-state index in [9.17, 15) is 5.11 Å². The lowest BCUT2D eigenvalue weighted by Gasteiger charge is -2.29. The highest BCUT2D eigenvalue weighted by Crippen LogP contribution is 2.27. The van der Waals surface area contributed by atoms with E-state index in [0.29, 0.717) is 12.5 Å². The number of nitrogens with zero attached hydrogens (tertiary/aromatic N) is 1. The zero-order valence-corrected chi connectivity index (χ0v) is 14.0. The highest BCUT2D eigenvalue weighted by Gasteiger charge is 2.18. The highest BCUT2D eigenvalue weighted by molar-refractivity contribution is 6.31. The minimum absolute atomic E-state index is 0.560. The normalized spacial score (nSPS) is 12.0. The Balaban J connectivity index is 2.87. The zero-order chi connectivity index (χ0) is 15.3. The molecule has 20 heavy (non-hydrogen) atoms. The average Bonchev–Trinajstić information content (AvgIpc) is 2.28. The van der Waals surface area contributed by atoms with Gasteiger partial charge in [-0.1, -0.05) is 31.5 Å². The SMILES string of the molecule is CC(C)CNCc1c(Cl)cccc1N(C)CC(C)(C)O. The van der Waals surface area contributed by atoms with Gasteiger partial charge in [-0.15, -0.1) is 0 Å². The molecule has 0 amide bonds. The summed E-state index contributed by atoms with van der Waals surface area (Å²) in [6.07, 6.45) is 0. The molecule has 0 radical (unpaired) electrons. The van der Waals surface area contributed by atoms with Crippen LogP contribution in [0.4, 0.5) is 5.69 Å². The second kappa shape index (κ2) is 7.30. The van der Waals surface area contributed by atoms with Crippen LogP contribution in [0.5, 0.6) is 0 Å². The average molecular weight is 299 g/mol. The van der Waals surface area contributed by atoms with Crippen molar-refractivity contribution in [3.05, 3.63) is 28.8 Å². The predicted octanol–water partition coefficient (Wildman–Crippen LogP) is 3.29. The van der Waals surface area contributed by atoms with Crippen LogP contribution in [0.15, 0.2) is 18.2 Å². The van der Waals surface area contributed by atoms with Gasteiger partial charge in [0.2, 0.25) is 0 Å². The van der Waals surface area contributed by atoms with Crippen LogP contribution in [-0.4, -0.2) is 30.8 Å². The number of rotatable bonds is 7. The summed E-state index contributed by atoms with van der Waals surface area (Å²) in [6, 6.07) is 5.91. The van der Waals surface area contributed by atoms with Crippen molar-refractivity contribution < 1.29 is 5.11 Å². The molecule has 0 bridgehead atoms. The number of hydrogen-bond donors (Lipinski definition) is 2. The molecule has 0 aromatic heterocycles. The Hall–Kier alpha value is -0.770. The lowest BCUT2D eigenvalue weighted by molar-refractivity contribution is 0.0886. The molecule has 0 aliphatic rings. The first kappa shape index (κ1) is 17.3. The van der Waals surface area contributed by atoms with Gasteiger partial charge in [0.15, 0.2) is 0 Å². The van der Waals surface area contributed by atoms with E-state index in [1.807, 2.05) is 39.1 Å². The molecule has 114 valence electrons. The molecule has 1 aromatic carbocycles. The number of halogens is 1. The third-order valence-electron chi connectivity index (χ3n) is 2.98. The van der Waals surface area contributed by atoms with E-state index in [1.54, 1.807) is 0 Å². The number of nitrogens with one attached hydrogen (secondary N) is 1. The van der Waals surface area contributed by atoms with Crippen LogP contribution in [-0.2, 0) is 6.54 Å². The third-order valence-corrected chi connectivity index (χ3v) is 3.34. The summed E-state index contributed by atoms with van der Waals surface area (Å²) < 4.78 is 0. The van der Waals surface area contributed by atoms with E-state index in [4.69, 9.17) is 11.6 Å². The van der Waals surface area contributed by atoms with Crippen LogP contribution in [0.2, 0.25) is 5.02 Å². The summed E-state index contributed by atoms with van der Waals surface area (Å²) >= 11 is 6.33. The summed E-state index contributed by atoms with van der Waals surface area (Å²) in [5, 5.41) is 14.2.